The fraction of sp³-hybridized carbons (Fsp3) is 0.200. The lowest BCUT2D eigenvalue weighted by molar-refractivity contribution is 0.00578. The highest BCUT2D eigenvalue weighted by atomic mass is 16.7. The highest BCUT2D eigenvalue weighted by molar-refractivity contribution is 6.69. The average molecular weight is 506 g/mol. The highest BCUT2D eigenvalue weighted by Gasteiger charge is 2.51. The predicted molar refractivity (Wildman–Crippen MR) is 183 cm³/mol. The van der Waals surface area contributed by atoms with Gasteiger partial charge in [0.2, 0.25) is 0 Å². The SMILES string of the molecule is Bc1c(B)c(B)c(N(c2ccc(B3OC(C)(C)C(C)(C)O3)cc2)c2ccc(-c3ccccc3)cc2)c(B)c1B. The van der Waals surface area contributed by atoms with Crippen LogP contribution < -0.4 is 37.7 Å². The Morgan fingerprint density at radius 3 is 1.44 bits per heavy atom. The van der Waals surface area contributed by atoms with Crippen molar-refractivity contribution in [3.8, 4) is 11.1 Å². The summed E-state index contributed by atoms with van der Waals surface area (Å²) in [5.41, 5.74) is 12.9. The molecule has 1 aliphatic heterocycles. The molecule has 5 rings (SSSR count). The number of nitrogens with zero attached hydrogens (tertiary/aromatic N) is 1. The van der Waals surface area contributed by atoms with E-state index in [1.807, 2.05) is 0 Å². The van der Waals surface area contributed by atoms with Gasteiger partial charge in [-0.3, -0.25) is 0 Å². The second-order valence-corrected chi connectivity index (χ2v) is 11.9. The Morgan fingerprint density at radius 1 is 0.538 bits per heavy atom. The van der Waals surface area contributed by atoms with Crippen molar-refractivity contribution in [2.24, 2.45) is 0 Å². The minimum absolute atomic E-state index is 0.367. The largest absolute Gasteiger partial charge is 0.494 e. The third-order valence-electron chi connectivity index (χ3n) is 9.09. The maximum Gasteiger partial charge on any atom is 0.494 e. The normalized spacial score (nSPS) is 15.8. The molecule has 0 unspecified atom stereocenters. The van der Waals surface area contributed by atoms with Crippen LogP contribution in [0.4, 0.5) is 17.1 Å². The summed E-state index contributed by atoms with van der Waals surface area (Å²) in [7, 11) is 10.8. The molecule has 0 aromatic heterocycles. The molecule has 0 N–H and O–H groups in total. The van der Waals surface area contributed by atoms with Gasteiger partial charge in [0.25, 0.3) is 0 Å². The summed E-state index contributed by atoms with van der Waals surface area (Å²) in [6.07, 6.45) is 0. The molecular weight excluding hydrogens is 471 g/mol. The highest BCUT2D eigenvalue weighted by Crippen LogP contribution is 2.37. The number of anilines is 3. The number of rotatable bonds is 5. The van der Waals surface area contributed by atoms with E-state index in [9.17, 15) is 0 Å². The summed E-state index contributed by atoms with van der Waals surface area (Å²) >= 11 is 0. The van der Waals surface area contributed by atoms with Gasteiger partial charge < -0.3 is 14.2 Å². The Morgan fingerprint density at radius 2 is 0.949 bits per heavy atom. The lowest BCUT2D eigenvalue weighted by atomic mass is 9.61. The molecule has 1 fully saturated rings. The predicted octanol–water partition coefficient (Wildman–Crippen LogP) is -1.59. The van der Waals surface area contributed by atoms with Crippen LogP contribution in [0.2, 0.25) is 0 Å². The van der Waals surface area contributed by atoms with Crippen LogP contribution in [0.25, 0.3) is 11.1 Å². The third-order valence-corrected chi connectivity index (χ3v) is 9.09. The van der Waals surface area contributed by atoms with E-state index in [-0.39, 0.29) is 18.3 Å². The van der Waals surface area contributed by atoms with Crippen LogP contribution in [0, 0.1) is 0 Å². The summed E-state index contributed by atoms with van der Waals surface area (Å²) in [5, 5.41) is 0. The van der Waals surface area contributed by atoms with Crippen LogP contribution in [0.3, 0.4) is 0 Å². The minimum atomic E-state index is -0.380. The molecule has 1 aliphatic rings. The van der Waals surface area contributed by atoms with E-state index in [4.69, 9.17) is 9.31 Å². The Bertz CT molecular complexity index is 1460. The van der Waals surface area contributed by atoms with Crippen LogP contribution in [-0.4, -0.2) is 57.6 Å². The Kier molecular flexibility index (Phi) is 7.20. The molecule has 0 bridgehead atoms. The summed E-state index contributed by atoms with van der Waals surface area (Å²) in [6, 6.07) is 28.1. The van der Waals surface area contributed by atoms with Gasteiger partial charge in [-0.1, -0.05) is 76.4 Å². The zero-order valence-corrected chi connectivity index (χ0v) is 24.8. The summed E-state index contributed by atoms with van der Waals surface area (Å²) < 4.78 is 12.6. The van der Waals surface area contributed by atoms with Gasteiger partial charge in [-0.2, -0.15) is 0 Å². The van der Waals surface area contributed by atoms with Gasteiger partial charge in [-0.25, -0.2) is 0 Å². The van der Waals surface area contributed by atoms with E-state index in [1.165, 1.54) is 44.1 Å². The first-order chi connectivity index (χ1) is 18.4. The maximum absolute atomic E-state index is 6.32. The summed E-state index contributed by atoms with van der Waals surface area (Å²) in [5.74, 6) is 0. The van der Waals surface area contributed by atoms with Gasteiger partial charge in [0.15, 0.2) is 0 Å². The lowest BCUT2D eigenvalue weighted by Crippen LogP contribution is -2.56. The summed E-state index contributed by atoms with van der Waals surface area (Å²) in [4.78, 5) is 2.40. The molecule has 0 aliphatic carbocycles. The Labute approximate surface area is 238 Å². The van der Waals surface area contributed by atoms with Crippen LogP contribution in [0.5, 0.6) is 0 Å². The van der Waals surface area contributed by atoms with Gasteiger partial charge in [-0.15, -0.1) is 5.46 Å². The van der Waals surface area contributed by atoms with E-state index in [0.717, 1.165) is 16.8 Å². The van der Waals surface area contributed by atoms with Crippen LogP contribution in [0.1, 0.15) is 27.7 Å². The van der Waals surface area contributed by atoms with E-state index in [2.05, 4.69) is 151 Å². The molecule has 4 aromatic carbocycles. The second kappa shape index (κ2) is 10.2. The molecule has 0 radical (unpaired) electrons. The van der Waals surface area contributed by atoms with Crippen LogP contribution in [0.15, 0.2) is 78.9 Å². The lowest BCUT2D eigenvalue weighted by Gasteiger charge is -2.32. The molecule has 3 nitrogen and oxygen atoms in total. The molecule has 190 valence electrons. The monoisotopic (exact) mass is 507 g/mol. The fourth-order valence-electron chi connectivity index (χ4n) is 5.42. The third kappa shape index (κ3) is 4.92. The average Bonchev–Trinajstić information content (AvgIpc) is 3.16. The van der Waals surface area contributed by atoms with Gasteiger partial charge >= 0.3 is 7.12 Å². The Hall–Kier alpha value is -3.01. The molecule has 0 atom stereocenters. The van der Waals surface area contributed by atoms with Crippen LogP contribution in [-0.2, 0) is 9.31 Å². The zero-order chi connectivity index (χ0) is 28.1. The first-order valence-corrected chi connectivity index (χ1v) is 13.9. The number of benzene rings is 4. The molecule has 4 aromatic rings. The molecule has 1 heterocycles. The Balaban J connectivity index is 1.60. The van der Waals surface area contributed by atoms with Crippen molar-refractivity contribution in [3.63, 3.8) is 0 Å². The molecular formula is C30H35B6NO2. The zero-order valence-electron chi connectivity index (χ0n) is 24.8. The first kappa shape index (κ1) is 27.6. The quantitative estimate of drug-likeness (QED) is 0.305. The molecule has 0 saturated carbocycles. The first-order valence-electron chi connectivity index (χ1n) is 13.9. The minimum Gasteiger partial charge on any atom is -0.399 e. The standard InChI is InChI=1S/C30H35B6NO2/c1-29(2)30(3,4)39-36(38-29)20-12-16-22(17-13-20)37(28-26(34)24(32)23(31)25(33)27(28)35)21-14-10-19(11-15-21)18-8-6-5-7-9-18/h5-17H,31-35H2,1-4H3. The van der Waals surface area contributed by atoms with E-state index >= 15 is 0 Å². The van der Waals surface area contributed by atoms with Crippen molar-refractivity contribution in [2.75, 3.05) is 4.90 Å². The maximum atomic E-state index is 6.32. The van der Waals surface area contributed by atoms with Crippen molar-refractivity contribution in [2.45, 2.75) is 38.9 Å². The van der Waals surface area contributed by atoms with E-state index in [1.54, 1.807) is 0 Å². The van der Waals surface area contributed by atoms with Crippen molar-refractivity contribution in [3.05, 3.63) is 78.9 Å². The molecule has 0 amide bonds. The van der Waals surface area contributed by atoms with E-state index < -0.39 is 0 Å². The fourth-order valence-corrected chi connectivity index (χ4v) is 5.42. The topological polar surface area (TPSA) is 21.7 Å². The number of hydrogen-bond donors (Lipinski definition) is 0. The molecule has 9 heteroatoms. The van der Waals surface area contributed by atoms with Crippen molar-refractivity contribution >= 4 is 96.2 Å². The van der Waals surface area contributed by atoms with Crippen molar-refractivity contribution < 1.29 is 9.31 Å². The van der Waals surface area contributed by atoms with E-state index in [0.29, 0.717) is 0 Å². The van der Waals surface area contributed by atoms with Crippen molar-refractivity contribution in [1.29, 1.82) is 0 Å². The summed E-state index contributed by atoms with van der Waals surface area (Å²) in [6.45, 7) is 8.37. The molecule has 39 heavy (non-hydrogen) atoms. The van der Waals surface area contributed by atoms with Gasteiger partial charge in [-0.05, 0) is 68.6 Å². The smallest absolute Gasteiger partial charge is 0.399 e. The van der Waals surface area contributed by atoms with Crippen LogP contribution >= 0.6 is 0 Å². The van der Waals surface area contributed by atoms with Gasteiger partial charge in [0.05, 0.1) is 11.2 Å². The molecule has 0 spiro atoms. The van der Waals surface area contributed by atoms with Gasteiger partial charge in [0, 0.05) is 17.1 Å². The molecule has 1 saturated heterocycles. The second-order valence-electron chi connectivity index (χ2n) is 11.9. The van der Waals surface area contributed by atoms with Gasteiger partial charge in [0.1, 0.15) is 39.2 Å². The number of hydrogen-bond acceptors (Lipinski definition) is 3. The van der Waals surface area contributed by atoms with Crippen molar-refractivity contribution in [1.82, 2.24) is 0 Å².